The molecule has 2 aromatic rings. The third kappa shape index (κ3) is 4.18. The van der Waals surface area contributed by atoms with Crippen molar-refractivity contribution in [1.29, 1.82) is 0 Å². The molecule has 1 aromatic carbocycles. The maximum atomic E-state index is 12.5. The molecule has 1 amide bonds. The van der Waals surface area contributed by atoms with E-state index in [1.54, 1.807) is 11.3 Å². The number of rotatable bonds is 6. The van der Waals surface area contributed by atoms with Gasteiger partial charge in [-0.05, 0) is 49.5 Å². The van der Waals surface area contributed by atoms with Gasteiger partial charge in [-0.2, -0.15) is 0 Å². The summed E-state index contributed by atoms with van der Waals surface area (Å²) in [6.45, 7) is 2.41. The van der Waals surface area contributed by atoms with Crippen molar-refractivity contribution in [2.24, 2.45) is 0 Å². The number of amides is 1. The van der Waals surface area contributed by atoms with Crippen LogP contribution in [0.1, 0.15) is 34.1 Å². The molecule has 0 spiro atoms. The van der Waals surface area contributed by atoms with Gasteiger partial charge in [0.15, 0.2) is 0 Å². The van der Waals surface area contributed by atoms with Crippen molar-refractivity contribution < 1.29 is 9.72 Å². The fourth-order valence-electron chi connectivity index (χ4n) is 3.08. The monoisotopic (exact) mass is 379 g/mol. The fraction of sp³-hybridized carbons (Fsp3) is 0.353. The minimum Gasteiger partial charge on any atom is -0.350 e. The number of nitrogens with one attached hydrogen (secondary N) is 1. The zero-order chi connectivity index (χ0) is 17.8. The first kappa shape index (κ1) is 17.8. The van der Waals surface area contributed by atoms with Crippen LogP contribution in [0.2, 0.25) is 5.02 Å². The molecule has 132 valence electrons. The molecule has 1 saturated heterocycles. The Hall–Kier alpha value is -1.96. The molecule has 1 aliphatic heterocycles. The summed E-state index contributed by atoms with van der Waals surface area (Å²) in [5.41, 5.74) is -0.250. The summed E-state index contributed by atoms with van der Waals surface area (Å²) < 4.78 is 0. The van der Waals surface area contributed by atoms with Crippen LogP contribution in [0.5, 0.6) is 0 Å². The molecule has 2 heterocycles. The van der Waals surface area contributed by atoms with Crippen LogP contribution in [0.3, 0.4) is 0 Å². The van der Waals surface area contributed by atoms with E-state index in [9.17, 15) is 14.9 Å². The Labute approximate surface area is 154 Å². The van der Waals surface area contributed by atoms with Crippen LogP contribution in [0.15, 0.2) is 35.7 Å². The van der Waals surface area contributed by atoms with E-state index in [4.69, 9.17) is 11.6 Å². The molecule has 1 N–H and O–H groups in total. The van der Waals surface area contributed by atoms with Crippen molar-refractivity contribution in [2.45, 2.75) is 18.9 Å². The minimum atomic E-state index is -0.585. The summed E-state index contributed by atoms with van der Waals surface area (Å²) in [5.74, 6) is -0.455. The molecule has 3 rings (SSSR count). The number of nitro benzene ring substituents is 1. The van der Waals surface area contributed by atoms with Gasteiger partial charge in [-0.25, -0.2) is 0 Å². The molecule has 1 aromatic heterocycles. The van der Waals surface area contributed by atoms with Crippen LogP contribution in [-0.4, -0.2) is 35.4 Å². The van der Waals surface area contributed by atoms with Crippen molar-refractivity contribution in [3.63, 3.8) is 0 Å². The molecule has 1 fully saturated rings. The Morgan fingerprint density at radius 1 is 1.36 bits per heavy atom. The van der Waals surface area contributed by atoms with Gasteiger partial charge in [0.25, 0.3) is 11.6 Å². The number of likely N-dealkylation sites (tertiary alicyclic amines) is 1. The number of nitro groups is 1. The summed E-state index contributed by atoms with van der Waals surface area (Å²) in [4.78, 5) is 26.6. The Kier molecular flexibility index (Phi) is 5.67. The second-order valence-electron chi connectivity index (χ2n) is 5.90. The van der Waals surface area contributed by atoms with E-state index >= 15 is 0 Å². The third-order valence-corrected chi connectivity index (χ3v) is 5.52. The summed E-state index contributed by atoms with van der Waals surface area (Å²) in [7, 11) is 0. The van der Waals surface area contributed by atoms with Crippen molar-refractivity contribution in [1.82, 2.24) is 10.2 Å². The summed E-state index contributed by atoms with van der Waals surface area (Å²) >= 11 is 7.46. The predicted molar refractivity (Wildman–Crippen MR) is 98.3 cm³/mol. The van der Waals surface area contributed by atoms with Crippen molar-refractivity contribution in [3.05, 3.63) is 61.3 Å². The largest absolute Gasteiger partial charge is 0.350 e. The van der Waals surface area contributed by atoms with Crippen LogP contribution in [-0.2, 0) is 0 Å². The van der Waals surface area contributed by atoms with E-state index in [0.29, 0.717) is 6.54 Å². The fourth-order valence-corrected chi connectivity index (χ4v) is 4.10. The first-order chi connectivity index (χ1) is 12.1. The molecule has 1 unspecified atom stereocenters. The number of benzene rings is 1. The molecule has 0 radical (unpaired) electrons. The highest BCUT2D eigenvalue weighted by molar-refractivity contribution is 7.10. The Morgan fingerprint density at radius 3 is 2.76 bits per heavy atom. The van der Waals surface area contributed by atoms with Gasteiger partial charge in [0.05, 0.1) is 11.0 Å². The van der Waals surface area contributed by atoms with E-state index in [1.165, 1.54) is 23.1 Å². The molecule has 8 heteroatoms. The quantitative estimate of drug-likeness (QED) is 0.610. The molecular weight excluding hydrogens is 362 g/mol. The molecule has 25 heavy (non-hydrogen) atoms. The zero-order valence-corrected chi connectivity index (χ0v) is 15.1. The SMILES string of the molecule is O=C(NCC(c1cccs1)N1CCCC1)c1ccc(Cl)cc1[N+](=O)[O-]. The molecule has 0 bridgehead atoms. The van der Waals surface area contributed by atoms with Gasteiger partial charge in [0.1, 0.15) is 5.56 Å². The first-order valence-electron chi connectivity index (χ1n) is 8.06. The maximum Gasteiger partial charge on any atom is 0.283 e. The zero-order valence-electron chi connectivity index (χ0n) is 13.5. The Bertz CT molecular complexity index is 761. The molecular formula is C17H18ClN3O3S. The Balaban J connectivity index is 1.75. The number of nitrogens with zero attached hydrogens (tertiary/aromatic N) is 2. The van der Waals surface area contributed by atoms with Gasteiger partial charge in [-0.1, -0.05) is 17.7 Å². The smallest absolute Gasteiger partial charge is 0.283 e. The Morgan fingerprint density at radius 2 is 2.12 bits per heavy atom. The lowest BCUT2D eigenvalue weighted by Gasteiger charge is -2.26. The standard InChI is InChI=1S/C17H18ClN3O3S/c18-12-5-6-13(14(10-12)21(23)24)17(22)19-11-15(16-4-3-9-25-16)20-7-1-2-8-20/h3-6,9-10,15H,1-2,7-8,11H2,(H,19,22). The normalized spacial score (nSPS) is 15.9. The average molecular weight is 380 g/mol. The summed E-state index contributed by atoms with van der Waals surface area (Å²) in [5, 5.41) is 16.3. The molecule has 0 saturated carbocycles. The van der Waals surface area contributed by atoms with Crippen LogP contribution in [0, 0.1) is 10.1 Å². The molecule has 1 aliphatic rings. The number of hydrogen-bond donors (Lipinski definition) is 1. The highest BCUT2D eigenvalue weighted by atomic mass is 35.5. The van der Waals surface area contributed by atoms with E-state index in [-0.39, 0.29) is 22.3 Å². The minimum absolute atomic E-state index is 0.0285. The number of hydrogen-bond acceptors (Lipinski definition) is 5. The molecule has 0 aliphatic carbocycles. The van der Waals surface area contributed by atoms with E-state index in [0.717, 1.165) is 25.9 Å². The van der Waals surface area contributed by atoms with E-state index in [2.05, 4.69) is 16.3 Å². The number of carbonyl (C=O) groups excluding carboxylic acids is 1. The van der Waals surface area contributed by atoms with Gasteiger partial charge in [-0.3, -0.25) is 19.8 Å². The number of halogens is 1. The second-order valence-corrected chi connectivity index (χ2v) is 7.32. The lowest BCUT2D eigenvalue weighted by Crippen LogP contribution is -2.36. The van der Waals surface area contributed by atoms with Gasteiger partial charge < -0.3 is 5.32 Å². The lowest BCUT2D eigenvalue weighted by atomic mass is 10.1. The van der Waals surface area contributed by atoms with Crippen LogP contribution >= 0.6 is 22.9 Å². The lowest BCUT2D eigenvalue weighted by molar-refractivity contribution is -0.385. The summed E-state index contributed by atoms with van der Waals surface area (Å²) in [6, 6.07) is 8.23. The van der Waals surface area contributed by atoms with Gasteiger partial charge >= 0.3 is 0 Å². The van der Waals surface area contributed by atoms with E-state index < -0.39 is 10.8 Å². The van der Waals surface area contributed by atoms with Crippen molar-refractivity contribution in [2.75, 3.05) is 19.6 Å². The highest BCUT2D eigenvalue weighted by Gasteiger charge is 2.26. The number of thiophene rings is 1. The number of carbonyl (C=O) groups is 1. The van der Waals surface area contributed by atoms with Crippen molar-refractivity contribution in [3.8, 4) is 0 Å². The van der Waals surface area contributed by atoms with Crippen molar-refractivity contribution >= 4 is 34.5 Å². The first-order valence-corrected chi connectivity index (χ1v) is 9.31. The maximum absolute atomic E-state index is 12.5. The van der Waals surface area contributed by atoms with Gasteiger partial charge in [0, 0.05) is 22.5 Å². The topological polar surface area (TPSA) is 75.5 Å². The summed E-state index contributed by atoms with van der Waals surface area (Å²) in [6.07, 6.45) is 2.30. The highest BCUT2D eigenvalue weighted by Crippen LogP contribution is 2.28. The third-order valence-electron chi connectivity index (χ3n) is 4.31. The van der Waals surface area contributed by atoms with E-state index in [1.807, 2.05) is 11.4 Å². The molecule has 6 nitrogen and oxygen atoms in total. The van der Waals surface area contributed by atoms with Crippen LogP contribution < -0.4 is 5.32 Å². The second kappa shape index (κ2) is 7.95. The molecule has 1 atom stereocenters. The van der Waals surface area contributed by atoms with Crippen LogP contribution in [0.4, 0.5) is 5.69 Å². The van der Waals surface area contributed by atoms with Gasteiger partial charge in [-0.15, -0.1) is 11.3 Å². The predicted octanol–water partition coefficient (Wildman–Crippen LogP) is 3.88. The van der Waals surface area contributed by atoms with Crippen LogP contribution in [0.25, 0.3) is 0 Å². The van der Waals surface area contributed by atoms with Gasteiger partial charge in [0.2, 0.25) is 0 Å². The average Bonchev–Trinajstić information content (AvgIpc) is 3.29.